The minimum Gasteiger partial charge on any atom is -0.420 e. The van der Waals surface area contributed by atoms with Gasteiger partial charge in [0.15, 0.2) is 0 Å². The lowest BCUT2D eigenvalue weighted by Crippen LogP contribution is -2.37. The molecule has 1 saturated heterocycles. The van der Waals surface area contributed by atoms with E-state index in [0.717, 1.165) is 18.4 Å². The summed E-state index contributed by atoms with van der Waals surface area (Å²) in [7, 11) is 0. The fourth-order valence-electron chi connectivity index (χ4n) is 4.40. The van der Waals surface area contributed by atoms with Gasteiger partial charge >= 0.3 is 0 Å². The van der Waals surface area contributed by atoms with Crippen molar-refractivity contribution >= 4 is 16.8 Å². The summed E-state index contributed by atoms with van der Waals surface area (Å²) >= 11 is 0. The number of aryl methyl sites for hydroxylation is 1. The highest BCUT2D eigenvalue weighted by Crippen LogP contribution is 2.29. The van der Waals surface area contributed by atoms with Gasteiger partial charge < -0.3 is 14.3 Å². The molecule has 0 bridgehead atoms. The van der Waals surface area contributed by atoms with E-state index >= 15 is 0 Å². The predicted molar refractivity (Wildman–Crippen MR) is 128 cm³/mol. The van der Waals surface area contributed by atoms with Gasteiger partial charge in [0.25, 0.3) is 5.56 Å². The summed E-state index contributed by atoms with van der Waals surface area (Å²) in [5, 5.41) is 17.9. The first-order valence-corrected chi connectivity index (χ1v) is 11.7. The van der Waals surface area contributed by atoms with Gasteiger partial charge in [-0.05, 0) is 55.7 Å². The Morgan fingerprint density at radius 3 is 2.66 bits per heavy atom. The third-order valence-electron chi connectivity index (χ3n) is 6.36. The Bertz CT molecular complexity index is 1440. The average Bonchev–Trinajstić information content (AvgIpc) is 3.39. The molecule has 2 aromatic heterocycles. The molecule has 0 saturated carbocycles. The van der Waals surface area contributed by atoms with Crippen molar-refractivity contribution in [3.8, 4) is 17.5 Å². The van der Waals surface area contributed by atoms with Crippen LogP contribution in [0.25, 0.3) is 22.4 Å². The molecule has 3 heterocycles. The third-order valence-corrected chi connectivity index (χ3v) is 6.36. The molecule has 0 aliphatic carbocycles. The maximum atomic E-state index is 12.7. The molecule has 9 heteroatoms. The molecule has 0 radical (unpaired) electrons. The van der Waals surface area contributed by atoms with Gasteiger partial charge in [-0.3, -0.25) is 9.59 Å². The van der Waals surface area contributed by atoms with E-state index in [1.165, 1.54) is 0 Å². The number of nitriles is 1. The first kappa shape index (κ1) is 22.5. The van der Waals surface area contributed by atoms with E-state index in [2.05, 4.69) is 26.2 Å². The lowest BCUT2D eigenvalue weighted by Gasteiger charge is -2.30. The summed E-state index contributed by atoms with van der Waals surface area (Å²) in [5.41, 5.74) is 1.87. The van der Waals surface area contributed by atoms with Crippen molar-refractivity contribution in [2.24, 2.45) is 0 Å². The summed E-state index contributed by atoms with van der Waals surface area (Å²) in [5.74, 6) is 1.85. The largest absolute Gasteiger partial charge is 0.420 e. The van der Waals surface area contributed by atoms with Crippen LogP contribution in [0.2, 0.25) is 0 Å². The number of aromatic nitrogens is 4. The Kier molecular flexibility index (Phi) is 6.35. The second-order valence-corrected chi connectivity index (χ2v) is 8.67. The number of hydrogen-bond acceptors (Lipinski definition) is 7. The van der Waals surface area contributed by atoms with Gasteiger partial charge in [0.05, 0.1) is 22.5 Å². The van der Waals surface area contributed by atoms with Gasteiger partial charge in [-0.25, -0.2) is 4.98 Å². The standard InChI is InChI=1S/C26H24N6O3/c27-16-17-8-10-18(11-9-17)25-30-31-26(35-25)19-12-14-32(15-13-19)23(33)7-3-6-22-28-21-5-2-1-4-20(21)24(34)29-22/h1-2,4-5,8-11,19H,3,6-7,12-15H2,(H,28,29,34). The Labute approximate surface area is 201 Å². The number of nitrogens with one attached hydrogen (secondary N) is 1. The predicted octanol–water partition coefficient (Wildman–Crippen LogP) is 3.57. The van der Waals surface area contributed by atoms with Crippen LogP contribution in [0.4, 0.5) is 0 Å². The number of nitrogens with zero attached hydrogens (tertiary/aromatic N) is 5. The smallest absolute Gasteiger partial charge is 0.258 e. The van der Waals surface area contributed by atoms with E-state index in [9.17, 15) is 9.59 Å². The van der Waals surface area contributed by atoms with Crippen molar-refractivity contribution in [1.29, 1.82) is 5.26 Å². The molecule has 2 aromatic carbocycles. The summed E-state index contributed by atoms with van der Waals surface area (Å²) < 4.78 is 5.89. The minimum absolute atomic E-state index is 0.107. The van der Waals surface area contributed by atoms with Crippen LogP contribution in [0.3, 0.4) is 0 Å². The van der Waals surface area contributed by atoms with Crippen LogP contribution in [0.1, 0.15) is 48.9 Å². The first-order valence-electron chi connectivity index (χ1n) is 11.7. The highest BCUT2D eigenvalue weighted by atomic mass is 16.4. The summed E-state index contributed by atoms with van der Waals surface area (Å²) in [6.07, 6.45) is 3.10. The average molecular weight is 469 g/mol. The van der Waals surface area contributed by atoms with Crippen molar-refractivity contribution < 1.29 is 9.21 Å². The van der Waals surface area contributed by atoms with E-state index in [1.54, 1.807) is 30.3 Å². The number of para-hydroxylation sites is 1. The molecular formula is C26H24N6O3. The lowest BCUT2D eigenvalue weighted by molar-refractivity contribution is -0.132. The quantitative estimate of drug-likeness (QED) is 0.458. The number of H-pyrrole nitrogens is 1. The zero-order chi connectivity index (χ0) is 24.2. The lowest BCUT2D eigenvalue weighted by atomic mass is 9.96. The zero-order valence-corrected chi connectivity index (χ0v) is 19.1. The number of fused-ring (bicyclic) bond motifs is 1. The Hall–Kier alpha value is -4.32. The van der Waals surface area contributed by atoms with E-state index in [-0.39, 0.29) is 17.4 Å². The van der Waals surface area contributed by atoms with Crippen LogP contribution in [0.5, 0.6) is 0 Å². The first-order chi connectivity index (χ1) is 17.1. The number of likely N-dealkylation sites (tertiary alicyclic amines) is 1. The monoisotopic (exact) mass is 468 g/mol. The van der Waals surface area contributed by atoms with E-state index < -0.39 is 0 Å². The van der Waals surface area contributed by atoms with Crippen molar-refractivity contribution in [2.45, 2.75) is 38.0 Å². The third kappa shape index (κ3) is 4.96. The Morgan fingerprint density at radius 1 is 1.11 bits per heavy atom. The summed E-state index contributed by atoms with van der Waals surface area (Å²) in [6, 6.07) is 16.3. The maximum absolute atomic E-state index is 12.7. The second kappa shape index (κ2) is 9.89. The van der Waals surface area contributed by atoms with Gasteiger partial charge in [-0.1, -0.05) is 12.1 Å². The van der Waals surface area contributed by atoms with Crippen molar-refractivity contribution in [2.75, 3.05) is 13.1 Å². The highest BCUT2D eigenvalue weighted by Gasteiger charge is 2.27. The molecule has 9 nitrogen and oxygen atoms in total. The van der Waals surface area contributed by atoms with Crippen LogP contribution in [0.15, 0.2) is 57.7 Å². The van der Waals surface area contributed by atoms with Gasteiger partial charge in [0.2, 0.25) is 17.7 Å². The Morgan fingerprint density at radius 2 is 1.89 bits per heavy atom. The topological polar surface area (TPSA) is 129 Å². The molecule has 5 rings (SSSR count). The van der Waals surface area contributed by atoms with Crippen LogP contribution >= 0.6 is 0 Å². The SMILES string of the molecule is N#Cc1ccc(-c2nnc(C3CCN(C(=O)CCCc4nc5ccccc5c(=O)[nH]4)CC3)o2)cc1. The summed E-state index contributed by atoms with van der Waals surface area (Å²) in [4.78, 5) is 34.1. The molecular weight excluding hydrogens is 444 g/mol. The van der Waals surface area contributed by atoms with Crippen molar-refractivity contribution in [1.82, 2.24) is 25.1 Å². The number of hydrogen-bond donors (Lipinski definition) is 1. The molecule has 1 fully saturated rings. The number of aromatic amines is 1. The number of carbonyl (C=O) groups is 1. The molecule has 0 atom stereocenters. The number of piperidine rings is 1. The van der Waals surface area contributed by atoms with Gasteiger partial charge in [-0.15, -0.1) is 10.2 Å². The van der Waals surface area contributed by atoms with Crippen LogP contribution in [-0.2, 0) is 11.2 Å². The molecule has 0 spiro atoms. The molecule has 1 aliphatic heterocycles. The number of benzene rings is 2. The number of amides is 1. The van der Waals surface area contributed by atoms with E-state index in [4.69, 9.17) is 9.68 Å². The fraction of sp³-hybridized carbons (Fsp3) is 0.308. The normalized spacial score (nSPS) is 14.2. The van der Waals surface area contributed by atoms with Gasteiger partial charge in [0.1, 0.15) is 5.82 Å². The molecule has 1 aliphatic rings. The molecule has 1 N–H and O–H groups in total. The Balaban J connectivity index is 1.12. The van der Waals surface area contributed by atoms with Gasteiger partial charge in [-0.2, -0.15) is 5.26 Å². The minimum atomic E-state index is -0.151. The van der Waals surface area contributed by atoms with Crippen LogP contribution in [0, 0.1) is 11.3 Å². The molecule has 35 heavy (non-hydrogen) atoms. The zero-order valence-electron chi connectivity index (χ0n) is 19.1. The number of rotatable bonds is 6. The van der Waals surface area contributed by atoms with Crippen LogP contribution in [-0.4, -0.2) is 44.1 Å². The van der Waals surface area contributed by atoms with Crippen molar-refractivity contribution in [3.63, 3.8) is 0 Å². The molecule has 1 amide bonds. The maximum Gasteiger partial charge on any atom is 0.258 e. The van der Waals surface area contributed by atoms with Gasteiger partial charge in [0, 0.05) is 37.4 Å². The number of carbonyl (C=O) groups excluding carboxylic acids is 1. The summed E-state index contributed by atoms with van der Waals surface area (Å²) in [6.45, 7) is 1.28. The van der Waals surface area contributed by atoms with Crippen LogP contribution < -0.4 is 5.56 Å². The van der Waals surface area contributed by atoms with E-state index in [1.807, 2.05) is 23.1 Å². The molecule has 176 valence electrons. The second-order valence-electron chi connectivity index (χ2n) is 8.67. The highest BCUT2D eigenvalue weighted by molar-refractivity contribution is 5.77. The molecule has 4 aromatic rings. The van der Waals surface area contributed by atoms with Crippen molar-refractivity contribution in [3.05, 3.63) is 76.2 Å². The van der Waals surface area contributed by atoms with E-state index in [0.29, 0.717) is 66.4 Å². The fourth-order valence-corrected chi connectivity index (χ4v) is 4.40. The molecule has 0 unspecified atom stereocenters.